The summed E-state index contributed by atoms with van der Waals surface area (Å²) in [5, 5.41) is 2.56. The van der Waals surface area contributed by atoms with Crippen LogP contribution in [0.4, 0.5) is 0 Å². The Balaban J connectivity index is 1.49. The molecule has 9 heteroatoms. The molecule has 2 fully saturated rings. The molecule has 0 unspecified atom stereocenters. The standard InChI is InChI=1S/C25H34N2O7/c1-24(2)14-7-15-25(3,4)27(24)33-17-19-9-6-5-8-18(19)16-32-22(30)12-13-23(31)34-26-20(28)10-11-21(26)29/h5-6,8-9H,7,10-17H2,1-4H3. The number of hydrogen-bond donors (Lipinski definition) is 0. The van der Waals surface area contributed by atoms with Gasteiger partial charge in [0.15, 0.2) is 0 Å². The fraction of sp³-hybridized carbons (Fsp3) is 0.600. The van der Waals surface area contributed by atoms with Crippen molar-refractivity contribution >= 4 is 23.8 Å². The van der Waals surface area contributed by atoms with Crippen LogP contribution in [0.15, 0.2) is 24.3 Å². The summed E-state index contributed by atoms with van der Waals surface area (Å²) in [5.74, 6) is -2.53. The molecule has 2 aliphatic heterocycles. The summed E-state index contributed by atoms with van der Waals surface area (Å²) in [4.78, 5) is 58.1. The van der Waals surface area contributed by atoms with Gasteiger partial charge >= 0.3 is 11.9 Å². The van der Waals surface area contributed by atoms with Gasteiger partial charge in [-0.15, -0.1) is 5.06 Å². The largest absolute Gasteiger partial charge is 0.461 e. The Bertz CT molecular complexity index is 909. The smallest absolute Gasteiger partial charge is 0.333 e. The Morgan fingerprint density at radius 1 is 0.853 bits per heavy atom. The van der Waals surface area contributed by atoms with Crippen molar-refractivity contribution in [3.05, 3.63) is 35.4 Å². The zero-order valence-electron chi connectivity index (χ0n) is 20.4. The van der Waals surface area contributed by atoms with Crippen molar-refractivity contribution in [3.63, 3.8) is 0 Å². The lowest BCUT2D eigenvalue weighted by atomic mass is 9.82. The topological polar surface area (TPSA) is 102 Å². The minimum atomic E-state index is -0.832. The number of ether oxygens (including phenoxy) is 1. The predicted octanol–water partition coefficient (Wildman–Crippen LogP) is 3.59. The molecule has 2 heterocycles. The normalized spacial score (nSPS) is 19.8. The average molecular weight is 475 g/mol. The summed E-state index contributed by atoms with van der Waals surface area (Å²) < 4.78 is 5.34. The highest BCUT2D eigenvalue weighted by molar-refractivity contribution is 6.01. The highest BCUT2D eigenvalue weighted by atomic mass is 16.7. The van der Waals surface area contributed by atoms with E-state index in [4.69, 9.17) is 14.4 Å². The summed E-state index contributed by atoms with van der Waals surface area (Å²) in [6, 6.07) is 7.59. The molecule has 9 nitrogen and oxygen atoms in total. The molecule has 0 aromatic heterocycles. The van der Waals surface area contributed by atoms with E-state index in [9.17, 15) is 19.2 Å². The van der Waals surface area contributed by atoms with Gasteiger partial charge in [-0.25, -0.2) is 4.79 Å². The number of imide groups is 1. The maximum absolute atomic E-state index is 12.2. The highest BCUT2D eigenvalue weighted by Gasteiger charge is 2.42. The average Bonchev–Trinajstić information content (AvgIpc) is 3.07. The highest BCUT2D eigenvalue weighted by Crippen LogP contribution is 2.38. The van der Waals surface area contributed by atoms with Gasteiger partial charge < -0.3 is 9.57 Å². The van der Waals surface area contributed by atoms with E-state index in [0.717, 1.165) is 30.4 Å². The van der Waals surface area contributed by atoms with E-state index in [0.29, 0.717) is 11.7 Å². The van der Waals surface area contributed by atoms with Crippen LogP contribution < -0.4 is 0 Å². The number of piperidine rings is 1. The van der Waals surface area contributed by atoms with Crippen molar-refractivity contribution in [2.45, 2.75) is 96.9 Å². The lowest BCUT2D eigenvalue weighted by Gasteiger charge is -2.51. The Morgan fingerprint density at radius 2 is 1.38 bits per heavy atom. The Hall–Kier alpha value is -2.78. The van der Waals surface area contributed by atoms with Crippen molar-refractivity contribution in [2.75, 3.05) is 0 Å². The summed E-state index contributed by atoms with van der Waals surface area (Å²) in [7, 11) is 0. The molecule has 1 aromatic carbocycles. The Kier molecular flexibility index (Phi) is 8.09. The number of nitrogens with zero attached hydrogens (tertiary/aromatic N) is 2. The molecule has 0 bridgehead atoms. The second-order valence-electron chi connectivity index (χ2n) is 10.0. The Labute approximate surface area is 200 Å². The van der Waals surface area contributed by atoms with Gasteiger partial charge in [0.2, 0.25) is 0 Å². The van der Waals surface area contributed by atoms with Crippen LogP contribution >= 0.6 is 0 Å². The number of esters is 1. The SMILES string of the molecule is CC1(C)CCCC(C)(C)N1OCc1ccccc1COC(=O)CCC(=O)ON1C(=O)CCC1=O. The van der Waals surface area contributed by atoms with Crippen molar-refractivity contribution < 1.29 is 33.6 Å². The molecule has 0 saturated carbocycles. The molecule has 2 amide bonds. The van der Waals surface area contributed by atoms with Crippen LogP contribution in [0.25, 0.3) is 0 Å². The first-order chi connectivity index (χ1) is 16.0. The van der Waals surface area contributed by atoms with Gasteiger partial charge in [-0.2, -0.15) is 5.06 Å². The monoisotopic (exact) mass is 474 g/mol. The van der Waals surface area contributed by atoms with Crippen LogP contribution in [0.3, 0.4) is 0 Å². The van der Waals surface area contributed by atoms with Gasteiger partial charge in [-0.3, -0.25) is 19.2 Å². The molecule has 3 rings (SSSR count). The van der Waals surface area contributed by atoms with Crippen molar-refractivity contribution in [2.24, 2.45) is 0 Å². The molecular formula is C25H34N2O7. The number of carbonyl (C=O) groups is 4. The van der Waals surface area contributed by atoms with Gasteiger partial charge in [0.05, 0.1) is 19.4 Å². The summed E-state index contributed by atoms with van der Waals surface area (Å²) in [5.41, 5.74) is 1.57. The molecule has 1 aromatic rings. The van der Waals surface area contributed by atoms with Crippen molar-refractivity contribution in [3.8, 4) is 0 Å². The zero-order valence-corrected chi connectivity index (χ0v) is 20.4. The third-order valence-electron chi connectivity index (χ3n) is 6.27. The van der Waals surface area contributed by atoms with Crippen LogP contribution in [0, 0.1) is 0 Å². The minimum absolute atomic E-state index is 0.0179. The molecule has 34 heavy (non-hydrogen) atoms. The predicted molar refractivity (Wildman–Crippen MR) is 121 cm³/mol. The quantitative estimate of drug-likeness (QED) is 0.395. The number of carbonyl (C=O) groups excluding carboxylic acids is 4. The Morgan fingerprint density at radius 3 is 1.97 bits per heavy atom. The van der Waals surface area contributed by atoms with Gasteiger partial charge in [0.25, 0.3) is 11.8 Å². The first kappa shape index (κ1) is 25.8. The van der Waals surface area contributed by atoms with E-state index >= 15 is 0 Å². The van der Waals surface area contributed by atoms with Gasteiger partial charge in [-0.1, -0.05) is 24.3 Å². The molecule has 0 aliphatic carbocycles. The molecule has 2 aliphatic rings. The number of hydroxylamine groups is 4. The third-order valence-corrected chi connectivity index (χ3v) is 6.27. The van der Waals surface area contributed by atoms with Crippen LogP contribution in [-0.2, 0) is 46.8 Å². The number of benzene rings is 1. The first-order valence-corrected chi connectivity index (χ1v) is 11.7. The lowest BCUT2D eigenvalue weighted by molar-refractivity contribution is -0.288. The molecule has 2 saturated heterocycles. The maximum atomic E-state index is 12.2. The van der Waals surface area contributed by atoms with Crippen molar-refractivity contribution in [1.29, 1.82) is 0 Å². The maximum Gasteiger partial charge on any atom is 0.333 e. The first-order valence-electron chi connectivity index (χ1n) is 11.7. The van der Waals surface area contributed by atoms with E-state index in [1.54, 1.807) is 0 Å². The molecule has 0 N–H and O–H groups in total. The van der Waals surface area contributed by atoms with Gasteiger partial charge in [-0.05, 0) is 58.1 Å². The number of rotatable bonds is 9. The van der Waals surface area contributed by atoms with Crippen molar-refractivity contribution in [1.82, 2.24) is 10.1 Å². The van der Waals surface area contributed by atoms with Crippen LogP contribution in [0.2, 0.25) is 0 Å². The zero-order chi connectivity index (χ0) is 24.9. The van der Waals surface area contributed by atoms with E-state index < -0.39 is 23.8 Å². The second-order valence-corrected chi connectivity index (χ2v) is 10.0. The molecule has 0 spiro atoms. The van der Waals surface area contributed by atoms with Crippen LogP contribution in [0.5, 0.6) is 0 Å². The van der Waals surface area contributed by atoms with E-state index in [1.807, 2.05) is 24.3 Å². The third kappa shape index (κ3) is 6.42. The fourth-order valence-corrected chi connectivity index (χ4v) is 4.54. The van der Waals surface area contributed by atoms with E-state index in [-0.39, 0.29) is 43.4 Å². The number of amides is 2. The summed E-state index contributed by atoms with van der Waals surface area (Å²) in [6.45, 7) is 9.13. The fourth-order valence-electron chi connectivity index (χ4n) is 4.54. The second kappa shape index (κ2) is 10.7. The van der Waals surface area contributed by atoms with E-state index in [1.165, 1.54) is 0 Å². The minimum Gasteiger partial charge on any atom is -0.461 e. The van der Waals surface area contributed by atoms with Gasteiger partial charge in [0, 0.05) is 23.9 Å². The van der Waals surface area contributed by atoms with Crippen LogP contribution in [0.1, 0.15) is 83.8 Å². The molecule has 0 radical (unpaired) electrons. The van der Waals surface area contributed by atoms with Gasteiger partial charge in [0.1, 0.15) is 6.61 Å². The van der Waals surface area contributed by atoms with E-state index in [2.05, 4.69) is 32.8 Å². The van der Waals surface area contributed by atoms with Crippen LogP contribution in [-0.4, -0.2) is 45.0 Å². The summed E-state index contributed by atoms with van der Waals surface area (Å²) >= 11 is 0. The molecule has 0 atom stereocenters. The number of hydrogen-bond acceptors (Lipinski definition) is 8. The summed E-state index contributed by atoms with van der Waals surface area (Å²) in [6.07, 6.45) is 2.79. The molecular weight excluding hydrogens is 440 g/mol. The molecule has 186 valence electrons. The lowest BCUT2D eigenvalue weighted by Crippen LogP contribution is -2.58.